The van der Waals surface area contributed by atoms with Crippen molar-refractivity contribution in [3.05, 3.63) is 64.9 Å². The normalized spacial score (nSPS) is 10.6. The van der Waals surface area contributed by atoms with Crippen LogP contribution in [0.4, 0.5) is 0 Å². The van der Waals surface area contributed by atoms with Gasteiger partial charge in [-0.25, -0.2) is 0 Å². The zero-order valence-corrected chi connectivity index (χ0v) is 12.7. The van der Waals surface area contributed by atoms with Crippen LogP contribution in [0.3, 0.4) is 0 Å². The quantitative estimate of drug-likeness (QED) is 0.791. The van der Waals surface area contributed by atoms with E-state index in [1.807, 2.05) is 30.3 Å². The van der Waals surface area contributed by atoms with Gasteiger partial charge in [-0.15, -0.1) is 0 Å². The number of amides is 1. The first-order valence-electron chi connectivity index (χ1n) is 6.76. The lowest BCUT2D eigenvalue weighted by molar-refractivity contribution is 0.0925. The predicted octanol–water partition coefficient (Wildman–Crippen LogP) is 4.02. The van der Waals surface area contributed by atoms with Gasteiger partial charge in [-0.1, -0.05) is 35.9 Å². The van der Waals surface area contributed by atoms with Crippen LogP contribution in [0.25, 0.3) is 11.0 Å². The summed E-state index contributed by atoms with van der Waals surface area (Å²) in [5, 5.41) is 4.27. The number of nitrogens with one attached hydrogen (secondary N) is 1. The molecule has 0 fully saturated rings. The molecule has 0 radical (unpaired) electrons. The van der Waals surface area contributed by atoms with Gasteiger partial charge in [0, 0.05) is 17.0 Å². The van der Waals surface area contributed by atoms with E-state index in [1.165, 1.54) is 0 Å². The van der Waals surface area contributed by atoms with Gasteiger partial charge in [-0.3, -0.25) is 4.79 Å². The summed E-state index contributed by atoms with van der Waals surface area (Å²) in [6, 6.07) is 14.6. The van der Waals surface area contributed by atoms with Crippen LogP contribution in [-0.2, 0) is 6.54 Å². The van der Waals surface area contributed by atoms with Gasteiger partial charge >= 0.3 is 0 Å². The standard InChI is InChI=1S/C17H14ClNO3/c1-21-14-7-3-5-12-9-15(22-16(12)14)17(20)19-10-11-4-2-6-13(18)8-11/h2-9H,10H2,1H3,(H,19,20). The van der Waals surface area contributed by atoms with E-state index in [4.69, 9.17) is 20.8 Å². The zero-order valence-electron chi connectivity index (χ0n) is 11.9. The Morgan fingerprint density at radius 3 is 2.82 bits per heavy atom. The van der Waals surface area contributed by atoms with Gasteiger partial charge in [0.15, 0.2) is 17.1 Å². The highest BCUT2D eigenvalue weighted by molar-refractivity contribution is 6.30. The molecule has 1 aromatic heterocycles. The maximum Gasteiger partial charge on any atom is 0.287 e. The highest BCUT2D eigenvalue weighted by Gasteiger charge is 2.14. The van der Waals surface area contributed by atoms with E-state index in [9.17, 15) is 4.79 Å². The number of furan rings is 1. The van der Waals surface area contributed by atoms with Crippen LogP contribution >= 0.6 is 11.6 Å². The first-order valence-corrected chi connectivity index (χ1v) is 7.14. The lowest BCUT2D eigenvalue weighted by atomic mass is 10.2. The molecule has 0 unspecified atom stereocenters. The van der Waals surface area contributed by atoms with Crippen molar-refractivity contribution in [1.29, 1.82) is 0 Å². The summed E-state index contributed by atoms with van der Waals surface area (Å²) in [4.78, 5) is 12.2. The number of rotatable bonds is 4. The summed E-state index contributed by atoms with van der Waals surface area (Å²) in [5.41, 5.74) is 1.49. The van der Waals surface area contributed by atoms with Crippen molar-refractivity contribution in [2.24, 2.45) is 0 Å². The third kappa shape index (κ3) is 2.92. The molecule has 3 aromatic rings. The predicted molar refractivity (Wildman–Crippen MR) is 85.4 cm³/mol. The monoisotopic (exact) mass is 315 g/mol. The number of ether oxygens (including phenoxy) is 1. The lowest BCUT2D eigenvalue weighted by Crippen LogP contribution is -2.22. The second-order valence-corrected chi connectivity index (χ2v) is 5.24. The molecule has 0 atom stereocenters. The van der Waals surface area contributed by atoms with Crippen LogP contribution in [0.1, 0.15) is 16.1 Å². The molecule has 0 aliphatic rings. The van der Waals surface area contributed by atoms with Crippen LogP contribution in [0.15, 0.2) is 52.9 Å². The second kappa shape index (κ2) is 6.12. The minimum Gasteiger partial charge on any atom is -0.493 e. The number of halogens is 1. The van der Waals surface area contributed by atoms with Gasteiger partial charge in [0.2, 0.25) is 0 Å². The van der Waals surface area contributed by atoms with E-state index in [0.29, 0.717) is 22.9 Å². The topological polar surface area (TPSA) is 51.5 Å². The molecule has 0 aliphatic carbocycles. The van der Waals surface area contributed by atoms with Gasteiger partial charge in [0.25, 0.3) is 5.91 Å². The van der Waals surface area contributed by atoms with E-state index >= 15 is 0 Å². The number of methoxy groups -OCH3 is 1. The Kier molecular flexibility index (Phi) is 4.02. The van der Waals surface area contributed by atoms with Crippen LogP contribution in [-0.4, -0.2) is 13.0 Å². The SMILES string of the molecule is COc1cccc2cc(C(=O)NCc3cccc(Cl)c3)oc12. The number of carbonyl (C=O) groups is 1. The molecule has 0 bridgehead atoms. The van der Waals surface area contributed by atoms with Crippen molar-refractivity contribution < 1.29 is 13.9 Å². The van der Waals surface area contributed by atoms with Crippen molar-refractivity contribution in [3.63, 3.8) is 0 Å². The third-order valence-corrected chi connectivity index (χ3v) is 3.53. The van der Waals surface area contributed by atoms with Crippen LogP contribution in [0.5, 0.6) is 5.75 Å². The summed E-state index contributed by atoms with van der Waals surface area (Å²) < 4.78 is 10.8. The van der Waals surface area contributed by atoms with Gasteiger partial charge in [-0.2, -0.15) is 0 Å². The molecule has 1 amide bonds. The Bertz CT molecular complexity index is 826. The van der Waals surface area contributed by atoms with E-state index < -0.39 is 0 Å². The first-order chi connectivity index (χ1) is 10.7. The van der Waals surface area contributed by atoms with Crippen molar-refractivity contribution in [2.75, 3.05) is 7.11 Å². The highest BCUT2D eigenvalue weighted by Crippen LogP contribution is 2.28. The van der Waals surface area contributed by atoms with Crippen molar-refractivity contribution >= 4 is 28.5 Å². The number of para-hydroxylation sites is 1. The van der Waals surface area contributed by atoms with Gasteiger partial charge in [-0.05, 0) is 29.8 Å². The molecule has 3 rings (SSSR count). The van der Waals surface area contributed by atoms with Gasteiger partial charge < -0.3 is 14.5 Å². The van der Waals surface area contributed by atoms with Crippen molar-refractivity contribution in [1.82, 2.24) is 5.32 Å². The maximum atomic E-state index is 12.2. The molecule has 0 saturated heterocycles. The number of hydrogen-bond acceptors (Lipinski definition) is 3. The Hall–Kier alpha value is -2.46. The molecule has 2 aromatic carbocycles. The summed E-state index contributed by atoms with van der Waals surface area (Å²) in [5.74, 6) is 0.575. The van der Waals surface area contributed by atoms with Crippen molar-refractivity contribution in [3.8, 4) is 5.75 Å². The fraction of sp³-hybridized carbons (Fsp3) is 0.118. The number of carbonyl (C=O) groups excluding carboxylic acids is 1. The molecule has 0 saturated carbocycles. The Labute approximate surface area is 132 Å². The van der Waals surface area contributed by atoms with E-state index in [0.717, 1.165) is 10.9 Å². The number of hydrogen-bond donors (Lipinski definition) is 1. The summed E-state index contributed by atoms with van der Waals surface area (Å²) in [7, 11) is 1.57. The molecule has 4 nitrogen and oxygen atoms in total. The maximum absolute atomic E-state index is 12.2. The van der Waals surface area contributed by atoms with Gasteiger partial charge in [0.1, 0.15) is 0 Å². The molecule has 22 heavy (non-hydrogen) atoms. The molecular weight excluding hydrogens is 302 g/mol. The van der Waals surface area contributed by atoms with E-state index in [1.54, 1.807) is 25.3 Å². The molecule has 5 heteroatoms. The van der Waals surface area contributed by atoms with Gasteiger partial charge in [0.05, 0.1) is 7.11 Å². The Balaban J connectivity index is 1.77. The third-order valence-electron chi connectivity index (χ3n) is 3.29. The van der Waals surface area contributed by atoms with Crippen LogP contribution in [0.2, 0.25) is 5.02 Å². The molecule has 0 spiro atoms. The molecular formula is C17H14ClNO3. The number of fused-ring (bicyclic) bond motifs is 1. The minimum atomic E-state index is -0.279. The molecule has 112 valence electrons. The van der Waals surface area contributed by atoms with E-state index in [-0.39, 0.29) is 11.7 Å². The minimum absolute atomic E-state index is 0.251. The zero-order chi connectivity index (χ0) is 15.5. The molecule has 0 aliphatic heterocycles. The summed E-state index contributed by atoms with van der Waals surface area (Å²) in [6.07, 6.45) is 0. The Morgan fingerprint density at radius 1 is 1.23 bits per heavy atom. The summed E-state index contributed by atoms with van der Waals surface area (Å²) in [6.45, 7) is 0.383. The fourth-order valence-corrected chi connectivity index (χ4v) is 2.44. The average Bonchev–Trinajstić information content (AvgIpc) is 2.96. The van der Waals surface area contributed by atoms with Crippen molar-refractivity contribution in [2.45, 2.75) is 6.54 Å². The molecule has 1 N–H and O–H groups in total. The lowest BCUT2D eigenvalue weighted by Gasteiger charge is -2.03. The van der Waals surface area contributed by atoms with Crippen LogP contribution < -0.4 is 10.1 Å². The highest BCUT2D eigenvalue weighted by atomic mass is 35.5. The van der Waals surface area contributed by atoms with E-state index in [2.05, 4.69) is 5.32 Å². The van der Waals surface area contributed by atoms with Crippen LogP contribution in [0, 0.1) is 0 Å². The largest absolute Gasteiger partial charge is 0.493 e. The smallest absolute Gasteiger partial charge is 0.287 e. The summed E-state index contributed by atoms with van der Waals surface area (Å²) >= 11 is 5.92. The average molecular weight is 316 g/mol. The number of benzene rings is 2. The second-order valence-electron chi connectivity index (χ2n) is 4.80. The first kappa shape index (κ1) is 14.5. The Morgan fingerprint density at radius 2 is 2.05 bits per heavy atom. The molecule has 1 heterocycles. The fourth-order valence-electron chi connectivity index (χ4n) is 2.23.